The number of carbonyl (C=O) groups excluding carboxylic acids is 2. The highest BCUT2D eigenvalue weighted by Gasteiger charge is 2.49. The highest BCUT2D eigenvalue weighted by Crippen LogP contribution is 2.41. The van der Waals surface area contributed by atoms with Gasteiger partial charge >= 0.3 is 6.09 Å². The summed E-state index contributed by atoms with van der Waals surface area (Å²) in [7, 11) is -3.23. The summed E-state index contributed by atoms with van der Waals surface area (Å²) in [6.45, 7) is 6.36. The van der Waals surface area contributed by atoms with Crippen molar-refractivity contribution in [3.63, 3.8) is 0 Å². The third-order valence-corrected chi connectivity index (χ3v) is 7.71. The van der Waals surface area contributed by atoms with Gasteiger partial charge in [-0.15, -0.1) is 0 Å². The minimum atomic E-state index is -3.23. The second-order valence-electron chi connectivity index (χ2n) is 8.25. The molecule has 1 aromatic carbocycles. The molecule has 2 amide bonds. The summed E-state index contributed by atoms with van der Waals surface area (Å²) in [5.41, 5.74) is 0.189. The van der Waals surface area contributed by atoms with Gasteiger partial charge in [0.25, 0.3) is 5.91 Å². The third kappa shape index (κ3) is 5.31. The van der Waals surface area contributed by atoms with Crippen LogP contribution in [-0.4, -0.2) is 60.5 Å². The third-order valence-electron chi connectivity index (χ3n) is 4.50. The van der Waals surface area contributed by atoms with Crippen molar-refractivity contribution in [1.29, 1.82) is 0 Å². The molecule has 0 radical (unpaired) electrons. The van der Waals surface area contributed by atoms with Crippen LogP contribution in [0.4, 0.5) is 14.9 Å². The van der Waals surface area contributed by atoms with Gasteiger partial charge in [0, 0.05) is 10.9 Å². The van der Waals surface area contributed by atoms with Crippen molar-refractivity contribution in [2.45, 2.75) is 44.6 Å². The maximum Gasteiger partial charge on any atom is 0.408 e. The van der Waals surface area contributed by atoms with Crippen molar-refractivity contribution in [1.82, 2.24) is 5.32 Å². The van der Waals surface area contributed by atoms with Crippen molar-refractivity contribution >= 4 is 44.5 Å². The summed E-state index contributed by atoms with van der Waals surface area (Å²) in [4.78, 5) is 29.7. The van der Waals surface area contributed by atoms with E-state index in [0.29, 0.717) is 16.4 Å². The predicted octanol–water partition coefficient (Wildman–Crippen LogP) is 2.26. The number of carbonyl (C=O) groups is 2. The number of sulfone groups is 1. The van der Waals surface area contributed by atoms with Crippen LogP contribution in [0.2, 0.25) is 0 Å². The molecular weight excluding hydrogens is 433 g/mol. The number of hydrogen-bond acceptors (Lipinski definition) is 6. The monoisotopic (exact) mass is 457 g/mol. The molecule has 164 valence electrons. The molecule has 30 heavy (non-hydrogen) atoms. The van der Waals surface area contributed by atoms with Gasteiger partial charge in [0.15, 0.2) is 15.0 Å². The zero-order valence-electron chi connectivity index (χ0n) is 17.1. The van der Waals surface area contributed by atoms with Gasteiger partial charge in [-0.3, -0.25) is 4.79 Å². The fourth-order valence-corrected chi connectivity index (χ4v) is 7.14. The lowest BCUT2D eigenvalue weighted by Gasteiger charge is -2.24. The van der Waals surface area contributed by atoms with E-state index in [4.69, 9.17) is 4.74 Å². The Hall–Kier alpha value is -2.14. The molecule has 11 heteroatoms. The standard InChI is InChI=1S/C19H24FN3O5S2/c1-11-5-6-12(7-13(11)20)23-14-9-30(26,27)10-15(14)29-17(23)22-16(24)8-21-18(25)28-19(2,3)4/h5-7,14-15H,8-10H2,1-4H3,(H,21,25). The molecule has 8 nitrogen and oxygen atoms in total. The molecule has 0 spiro atoms. The van der Waals surface area contributed by atoms with Gasteiger partial charge in [0.05, 0.1) is 17.5 Å². The van der Waals surface area contributed by atoms with E-state index in [2.05, 4.69) is 10.3 Å². The number of anilines is 1. The quantitative estimate of drug-likeness (QED) is 0.742. The van der Waals surface area contributed by atoms with Gasteiger partial charge in [-0.25, -0.2) is 17.6 Å². The Morgan fingerprint density at radius 1 is 1.33 bits per heavy atom. The first-order chi connectivity index (χ1) is 13.8. The topological polar surface area (TPSA) is 105 Å². The van der Waals surface area contributed by atoms with Crippen LogP contribution in [0.5, 0.6) is 0 Å². The van der Waals surface area contributed by atoms with Gasteiger partial charge in [0.1, 0.15) is 18.0 Å². The van der Waals surface area contributed by atoms with Gasteiger partial charge in [-0.2, -0.15) is 4.99 Å². The van der Waals surface area contributed by atoms with Crippen LogP contribution in [0.25, 0.3) is 0 Å². The van der Waals surface area contributed by atoms with Crippen molar-refractivity contribution in [2.24, 2.45) is 4.99 Å². The van der Waals surface area contributed by atoms with Crippen molar-refractivity contribution in [3.8, 4) is 0 Å². The molecule has 0 bridgehead atoms. The van der Waals surface area contributed by atoms with Crippen LogP contribution in [0.15, 0.2) is 23.2 Å². The molecule has 2 unspecified atom stereocenters. The molecule has 2 atom stereocenters. The van der Waals surface area contributed by atoms with E-state index in [9.17, 15) is 22.4 Å². The van der Waals surface area contributed by atoms with E-state index in [-0.39, 0.29) is 23.3 Å². The Morgan fingerprint density at radius 2 is 2.03 bits per heavy atom. The smallest absolute Gasteiger partial charge is 0.408 e. The number of ether oxygens (including phenoxy) is 1. The number of halogens is 1. The Morgan fingerprint density at radius 3 is 2.67 bits per heavy atom. The summed E-state index contributed by atoms with van der Waals surface area (Å²) >= 11 is 1.18. The molecule has 0 aliphatic carbocycles. The summed E-state index contributed by atoms with van der Waals surface area (Å²) in [6.07, 6.45) is -0.740. The van der Waals surface area contributed by atoms with E-state index in [1.807, 2.05) is 0 Å². The zero-order valence-corrected chi connectivity index (χ0v) is 18.8. The number of alkyl carbamates (subject to hydrolysis) is 1. The molecule has 2 saturated heterocycles. The Balaban J connectivity index is 1.80. The number of hydrogen-bond donors (Lipinski definition) is 1. The van der Waals surface area contributed by atoms with Gasteiger partial charge in [0.2, 0.25) is 0 Å². The summed E-state index contributed by atoms with van der Waals surface area (Å²) in [6, 6.07) is 4.13. The normalized spacial score (nSPS) is 24.0. The number of aliphatic imine (C=N–C) groups is 1. The zero-order chi connectivity index (χ0) is 22.3. The lowest BCUT2D eigenvalue weighted by atomic mass is 10.1. The number of rotatable bonds is 3. The fourth-order valence-electron chi connectivity index (χ4n) is 3.21. The summed E-state index contributed by atoms with van der Waals surface area (Å²) in [5.74, 6) is -1.18. The number of aryl methyl sites for hydroxylation is 1. The summed E-state index contributed by atoms with van der Waals surface area (Å²) in [5, 5.41) is 2.34. The maximum absolute atomic E-state index is 14.1. The lowest BCUT2D eigenvalue weighted by molar-refractivity contribution is -0.117. The van der Waals surface area contributed by atoms with Crippen LogP contribution in [0.1, 0.15) is 26.3 Å². The number of fused-ring (bicyclic) bond motifs is 1. The lowest BCUT2D eigenvalue weighted by Crippen LogP contribution is -2.38. The Kier molecular flexibility index (Phi) is 6.15. The van der Waals surface area contributed by atoms with Gasteiger partial charge in [-0.1, -0.05) is 17.8 Å². The number of nitrogens with one attached hydrogen (secondary N) is 1. The first-order valence-corrected chi connectivity index (χ1v) is 12.1. The van der Waals surface area contributed by atoms with Gasteiger partial charge in [-0.05, 0) is 45.4 Å². The number of thioether (sulfide) groups is 1. The van der Waals surface area contributed by atoms with E-state index in [1.165, 1.54) is 17.8 Å². The average Bonchev–Trinajstić information content (AvgIpc) is 3.05. The number of nitrogens with zero attached hydrogens (tertiary/aromatic N) is 2. The first kappa shape index (κ1) is 22.5. The highest BCUT2D eigenvalue weighted by molar-refractivity contribution is 8.16. The van der Waals surface area contributed by atoms with E-state index in [1.54, 1.807) is 44.7 Å². The van der Waals surface area contributed by atoms with Crippen LogP contribution < -0.4 is 10.2 Å². The fraction of sp³-hybridized carbons (Fsp3) is 0.526. The Labute approximate surface area is 179 Å². The van der Waals surface area contributed by atoms with E-state index in [0.717, 1.165) is 0 Å². The molecule has 1 N–H and O–H groups in total. The maximum atomic E-state index is 14.1. The van der Waals surface area contributed by atoms with Crippen LogP contribution in [-0.2, 0) is 19.4 Å². The number of amides is 2. The van der Waals surface area contributed by atoms with Crippen LogP contribution >= 0.6 is 11.8 Å². The van der Waals surface area contributed by atoms with Gasteiger partial charge < -0.3 is 15.0 Å². The first-order valence-electron chi connectivity index (χ1n) is 9.35. The molecular formula is C19H24FN3O5S2. The predicted molar refractivity (Wildman–Crippen MR) is 114 cm³/mol. The van der Waals surface area contributed by atoms with E-state index < -0.39 is 39.3 Å². The molecule has 1 aromatic rings. The molecule has 2 fully saturated rings. The SMILES string of the molecule is Cc1ccc(N2C(=NC(=O)CNC(=O)OC(C)(C)C)SC3CS(=O)(=O)CC32)cc1F. The molecule has 2 aliphatic rings. The number of benzene rings is 1. The number of amidine groups is 1. The highest BCUT2D eigenvalue weighted by atomic mass is 32.2. The molecule has 3 rings (SSSR count). The molecule has 2 heterocycles. The molecule has 2 aliphatic heterocycles. The van der Waals surface area contributed by atoms with Crippen molar-refractivity contribution < 1.29 is 27.1 Å². The van der Waals surface area contributed by atoms with Crippen LogP contribution in [0, 0.1) is 12.7 Å². The Bertz CT molecular complexity index is 1000. The van der Waals surface area contributed by atoms with Crippen molar-refractivity contribution in [2.75, 3.05) is 23.0 Å². The minimum Gasteiger partial charge on any atom is -0.444 e. The summed E-state index contributed by atoms with van der Waals surface area (Å²) < 4.78 is 43.4. The molecule has 0 saturated carbocycles. The second-order valence-corrected chi connectivity index (χ2v) is 11.6. The largest absolute Gasteiger partial charge is 0.444 e. The average molecular weight is 458 g/mol. The van der Waals surface area contributed by atoms with Crippen LogP contribution in [0.3, 0.4) is 0 Å². The minimum absolute atomic E-state index is 0.0312. The second kappa shape index (κ2) is 8.18. The van der Waals surface area contributed by atoms with E-state index >= 15 is 0 Å². The van der Waals surface area contributed by atoms with Crippen molar-refractivity contribution in [3.05, 3.63) is 29.6 Å². The molecule has 0 aromatic heterocycles.